The van der Waals surface area contributed by atoms with Gasteiger partial charge in [0, 0.05) is 3.57 Å². The predicted molar refractivity (Wildman–Crippen MR) is 69.3 cm³/mol. The normalized spacial score (nSPS) is 10.3. The topological polar surface area (TPSA) is 0 Å². The molecule has 2 heteroatoms. The molecule has 0 bridgehead atoms. The summed E-state index contributed by atoms with van der Waals surface area (Å²) in [6, 6.07) is 12.9. The van der Waals surface area contributed by atoms with Gasteiger partial charge >= 0.3 is 0 Å². The summed E-state index contributed by atoms with van der Waals surface area (Å²) in [5.74, 6) is -0.193. The first-order valence-corrected chi connectivity index (χ1v) is 5.76. The molecule has 0 N–H and O–H groups in total. The maximum atomic E-state index is 12.8. The zero-order valence-electron chi connectivity index (χ0n) is 8.30. The second-order valence-corrected chi connectivity index (χ2v) is 4.77. The molecule has 76 valence electrons. The minimum Gasteiger partial charge on any atom is -0.207 e. The number of benzene rings is 2. The van der Waals surface area contributed by atoms with Crippen LogP contribution < -0.4 is 0 Å². The van der Waals surface area contributed by atoms with Crippen LogP contribution in [0.4, 0.5) is 4.39 Å². The van der Waals surface area contributed by atoms with Gasteiger partial charge in [-0.3, -0.25) is 0 Å². The van der Waals surface area contributed by atoms with Gasteiger partial charge in [0.2, 0.25) is 0 Å². The molecule has 0 aliphatic carbocycles. The maximum absolute atomic E-state index is 12.8. The number of aryl methyl sites for hydroxylation is 1. The van der Waals surface area contributed by atoms with E-state index >= 15 is 0 Å². The molecular weight excluding hydrogens is 302 g/mol. The number of hydrogen-bond donors (Lipinski definition) is 0. The summed E-state index contributed by atoms with van der Waals surface area (Å²) in [7, 11) is 0. The smallest absolute Gasteiger partial charge is 0.123 e. The van der Waals surface area contributed by atoms with Gasteiger partial charge in [0.15, 0.2) is 0 Å². The molecule has 0 nitrogen and oxygen atoms in total. The molecule has 0 saturated heterocycles. The molecule has 0 aliphatic heterocycles. The molecular formula is C13H10FI. The summed E-state index contributed by atoms with van der Waals surface area (Å²) in [4.78, 5) is 0. The van der Waals surface area contributed by atoms with E-state index in [0.717, 1.165) is 11.1 Å². The van der Waals surface area contributed by atoms with Crippen LogP contribution in [-0.2, 0) is 0 Å². The lowest BCUT2D eigenvalue weighted by molar-refractivity contribution is 0.628. The molecule has 0 heterocycles. The van der Waals surface area contributed by atoms with Crippen LogP contribution in [0.15, 0.2) is 42.5 Å². The first-order chi connectivity index (χ1) is 7.15. The SMILES string of the molecule is Cc1cc(I)cc(-c2ccc(F)cc2)c1. The van der Waals surface area contributed by atoms with Crippen LogP contribution in [0.5, 0.6) is 0 Å². The van der Waals surface area contributed by atoms with E-state index in [1.54, 1.807) is 12.1 Å². The molecule has 0 aromatic heterocycles. The maximum Gasteiger partial charge on any atom is 0.123 e. The van der Waals surface area contributed by atoms with Gasteiger partial charge in [-0.05, 0) is 70.5 Å². The van der Waals surface area contributed by atoms with Crippen LogP contribution in [0.2, 0.25) is 0 Å². The van der Waals surface area contributed by atoms with Gasteiger partial charge in [-0.25, -0.2) is 4.39 Å². The Morgan fingerprint density at radius 3 is 2.20 bits per heavy atom. The van der Waals surface area contributed by atoms with Gasteiger partial charge in [-0.15, -0.1) is 0 Å². The Morgan fingerprint density at radius 1 is 0.933 bits per heavy atom. The van der Waals surface area contributed by atoms with Crippen LogP contribution >= 0.6 is 22.6 Å². The highest BCUT2D eigenvalue weighted by Crippen LogP contribution is 2.23. The quantitative estimate of drug-likeness (QED) is 0.685. The van der Waals surface area contributed by atoms with E-state index in [2.05, 4.69) is 47.7 Å². The number of halogens is 2. The number of hydrogen-bond acceptors (Lipinski definition) is 0. The van der Waals surface area contributed by atoms with Crippen molar-refractivity contribution in [3.8, 4) is 11.1 Å². The lowest BCUT2D eigenvalue weighted by atomic mass is 10.0. The van der Waals surface area contributed by atoms with E-state index in [9.17, 15) is 4.39 Å². The van der Waals surface area contributed by atoms with E-state index in [-0.39, 0.29) is 5.82 Å². The summed E-state index contributed by atoms with van der Waals surface area (Å²) >= 11 is 2.29. The Bertz CT molecular complexity index is 454. The van der Waals surface area contributed by atoms with Crippen molar-refractivity contribution in [3.63, 3.8) is 0 Å². The van der Waals surface area contributed by atoms with Crippen molar-refractivity contribution in [1.29, 1.82) is 0 Å². The number of rotatable bonds is 1. The Kier molecular flexibility index (Phi) is 3.05. The molecule has 0 fully saturated rings. The van der Waals surface area contributed by atoms with Crippen molar-refractivity contribution in [1.82, 2.24) is 0 Å². The Morgan fingerprint density at radius 2 is 1.60 bits per heavy atom. The molecule has 0 amide bonds. The first kappa shape index (κ1) is 10.6. The van der Waals surface area contributed by atoms with Crippen LogP contribution in [0.25, 0.3) is 11.1 Å². The molecule has 0 unspecified atom stereocenters. The highest BCUT2D eigenvalue weighted by atomic mass is 127. The van der Waals surface area contributed by atoms with E-state index in [4.69, 9.17) is 0 Å². The van der Waals surface area contributed by atoms with Gasteiger partial charge in [0.1, 0.15) is 5.82 Å². The molecule has 0 spiro atoms. The predicted octanol–water partition coefficient (Wildman–Crippen LogP) is 4.41. The van der Waals surface area contributed by atoms with Crippen molar-refractivity contribution < 1.29 is 4.39 Å². The molecule has 0 saturated carbocycles. The third-order valence-electron chi connectivity index (χ3n) is 2.22. The highest BCUT2D eigenvalue weighted by Gasteiger charge is 2.00. The Balaban J connectivity index is 2.49. The summed E-state index contributed by atoms with van der Waals surface area (Å²) < 4.78 is 14.0. The average molecular weight is 312 g/mol. The van der Waals surface area contributed by atoms with Gasteiger partial charge in [-0.2, -0.15) is 0 Å². The summed E-state index contributed by atoms with van der Waals surface area (Å²) in [6.07, 6.45) is 0. The summed E-state index contributed by atoms with van der Waals surface area (Å²) in [5.41, 5.74) is 3.42. The molecule has 0 radical (unpaired) electrons. The molecule has 2 rings (SSSR count). The average Bonchev–Trinajstić information content (AvgIpc) is 2.17. The van der Waals surface area contributed by atoms with Crippen LogP contribution in [0.3, 0.4) is 0 Å². The lowest BCUT2D eigenvalue weighted by Gasteiger charge is -2.04. The zero-order chi connectivity index (χ0) is 10.8. The van der Waals surface area contributed by atoms with Gasteiger partial charge in [0.25, 0.3) is 0 Å². The van der Waals surface area contributed by atoms with Crippen molar-refractivity contribution >= 4 is 22.6 Å². The Hall–Kier alpha value is -0.900. The van der Waals surface area contributed by atoms with Crippen molar-refractivity contribution in [2.45, 2.75) is 6.92 Å². The van der Waals surface area contributed by atoms with E-state index in [1.165, 1.54) is 21.3 Å². The molecule has 0 aliphatic rings. The van der Waals surface area contributed by atoms with Crippen molar-refractivity contribution in [3.05, 3.63) is 57.4 Å². The third kappa shape index (κ3) is 2.56. The fourth-order valence-corrected chi connectivity index (χ4v) is 2.37. The van der Waals surface area contributed by atoms with Crippen LogP contribution in [0, 0.1) is 16.3 Å². The third-order valence-corrected chi connectivity index (χ3v) is 2.84. The van der Waals surface area contributed by atoms with Crippen molar-refractivity contribution in [2.24, 2.45) is 0 Å². The van der Waals surface area contributed by atoms with Crippen LogP contribution in [0.1, 0.15) is 5.56 Å². The zero-order valence-corrected chi connectivity index (χ0v) is 10.5. The lowest BCUT2D eigenvalue weighted by Crippen LogP contribution is -1.82. The van der Waals surface area contributed by atoms with E-state index in [1.807, 2.05) is 0 Å². The fraction of sp³-hybridized carbons (Fsp3) is 0.0769. The summed E-state index contributed by atoms with van der Waals surface area (Å²) in [5, 5.41) is 0. The van der Waals surface area contributed by atoms with Crippen LogP contribution in [-0.4, -0.2) is 0 Å². The highest BCUT2D eigenvalue weighted by molar-refractivity contribution is 14.1. The summed E-state index contributed by atoms with van der Waals surface area (Å²) in [6.45, 7) is 2.06. The van der Waals surface area contributed by atoms with E-state index in [0.29, 0.717) is 0 Å². The molecule has 2 aromatic rings. The largest absolute Gasteiger partial charge is 0.207 e. The standard InChI is InChI=1S/C13H10FI/c1-9-6-11(8-13(15)7-9)10-2-4-12(14)5-3-10/h2-8H,1H3. The minimum atomic E-state index is -0.193. The molecule has 0 atom stereocenters. The first-order valence-electron chi connectivity index (χ1n) is 4.68. The van der Waals surface area contributed by atoms with Crippen molar-refractivity contribution in [2.75, 3.05) is 0 Å². The fourth-order valence-electron chi connectivity index (χ4n) is 1.55. The van der Waals surface area contributed by atoms with Gasteiger partial charge in [0.05, 0.1) is 0 Å². The monoisotopic (exact) mass is 312 g/mol. The minimum absolute atomic E-state index is 0.193. The Labute approximate surface area is 102 Å². The second kappa shape index (κ2) is 4.31. The van der Waals surface area contributed by atoms with Gasteiger partial charge < -0.3 is 0 Å². The van der Waals surface area contributed by atoms with Gasteiger partial charge in [-0.1, -0.05) is 18.2 Å². The molecule has 15 heavy (non-hydrogen) atoms. The van der Waals surface area contributed by atoms with E-state index < -0.39 is 0 Å². The molecule has 2 aromatic carbocycles. The second-order valence-electron chi connectivity index (χ2n) is 3.52.